The third-order valence-corrected chi connectivity index (χ3v) is 6.30. The third-order valence-electron chi connectivity index (χ3n) is 6.30. The van der Waals surface area contributed by atoms with Crippen LogP contribution in [-0.4, -0.2) is 62.2 Å². The summed E-state index contributed by atoms with van der Waals surface area (Å²) in [6.07, 6.45) is 4.37. The van der Waals surface area contributed by atoms with E-state index in [-0.39, 0.29) is 17.4 Å². The molecule has 8 heteroatoms. The monoisotopic (exact) mass is 406 g/mol. The number of hydrogen-bond donors (Lipinski definition) is 0. The van der Waals surface area contributed by atoms with Crippen LogP contribution < -0.4 is 5.56 Å². The molecule has 0 N–H and O–H groups in total. The minimum absolute atomic E-state index is 0.000301. The van der Waals surface area contributed by atoms with E-state index in [0.717, 1.165) is 28.7 Å². The van der Waals surface area contributed by atoms with Crippen LogP contribution in [0.2, 0.25) is 0 Å². The second kappa shape index (κ2) is 7.05. The number of nitrogens with zero attached hydrogens (tertiary/aromatic N) is 6. The average Bonchev–Trinajstić information content (AvgIpc) is 3.10. The lowest BCUT2D eigenvalue weighted by atomic mass is 9.82. The highest BCUT2D eigenvalue weighted by Gasteiger charge is 2.37. The molecule has 3 aromatic heterocycles. The van der Waals surface area contributed by atoms with E-state index in [1.807, 2.05) is 47.6 Å². The highest BCUT2D eigenvalue weighted by molar-refractivity contribution is 5.96. The molecule has 2 aliphatic heterocycles. The maximum absolute atomic E-state index is 13.2. The topological polar surface area (TPSA) is 76.3 Å². The predicted octanol–water partition coefficient (Wildman–Crippen LogP) is 1.45. The van der Waals surface area contributed by atoms with Crippen LogP contribution in [0.4, 0.5) is 0 Å². The second-order valence-corrected chi connectivity index (χ2v) is 8.84. The van der Waals surface area contributed by atoms with E-state index in [1.54, 1.807) is 17.1 Å². The van der Waals surface area contributed by atoms with Gasteiger partial charge in [0, 0.05) is 56.6 Å². The first-order valence-electron chi connectivity index (χ1n) is 10.3. The minimum atomic E-state index is 0.000301. The Morgan fingerprint density at radius 2 is 2.03 bits per heavy atom. The molecule has 0 radical (unpaired) electrons. The quantitative estimate of drug-likeness (QED) is 0.658. The molecule has 5 rings (SSSR count). The largest absolute Gasteiger partial charge is 0.338 e. The first-order valence-corrected chi connectivity index (χ1v) is 10.3. The van der Waals surface area contributed by atoms with E-state index in [2.05, 4.69) is 16.1 Å². The molecule has 2 atom stereocenters. The van der Waals surface area contributed by atoms with Crippen molar-refractivity contribution in [2.24, 2.45) is 13.0 Å². The highest BCUT2D eigenvalue weighted by Crippen LogP contribution is 2.35. The molecule has 5 heterocycles. The van der Waals surface area contributed by atoms with Gasteiger partial charge < -0.3 is 14.4 Å². The maximum atomic E-state index is 13.2. The van der Waals surface area contributed by atoms with Gasteiger partial charge in [0.25, 0.3) is 11.5 Å². The zero-order valence-corrected chi connectivity index (χ0v) is 17.6. The molecule has 0 spiro atoms. The summed E-state index contributed by atoms with van der Waals surface area (Å²) in [4.78, 5) is 34.6. The van der Waals surface area contributed by atoms with Gasteiger partial charge in [0.05, 0.1) is 17.3 Å². The molecule has 30 heavy (non-hydrogen) atoms. The number of hydrogen-bond acceptors (Lipinski definition) is 5. The molecule has 1 fully saturated rings. The molecule has 2 bridgehead atoms. The summed E-state index contributed by atoms with van der Waals surface area (Å²) in [5.41, 5.74) is 4.21. The minimum Gasteiger partial charge on any atom is -0.338 e. The number of fused-ring (bicyclic) bond motifs is 5. The van der Waals surface area contributed by atoms with E-state index in [0.29, 0.717) is 37.7 Å². The lowest BCUT2D eigenvalue weighted by Crippen LogP contribution is -2.49. The van der Waals surface area contributed by atoms with Gasteiger partial charge in [0.2, 0.25) is 0 Å². The van der Waals surface area contributed by atoms with Crippen molar-refractivity contribution in [2.75, 3.05) is 27.2 Å². The van der Waals surface area contributed by atoms with Crippen molar-refractivity contribution in [1.82, 2.24) is 29.1 Å². The van der Waals surface area contributed by atoms with Crippen LogP contribution in [0.25, 0.3) is 11.0 Å². The van der Waals surface area contributed by atoms with Gasteiger partial charge >= 0.3 is 0 Å². The second-order valence-electron chi connectivity index (χ2n) is 8.84. The first-order chi connectivity index (χ1) is 14.4. The van der Waals surface area contributed by atoms with E-state index < -0.39 is 0 Å². The number of rotatable bonds is 3. The first kappa shape index (κ1) is 19.0. The molecule has 8 nitrogen and oxygen atoms in total. The van der Waals surface area contributed by atoms with Crippen LogP contribution in [0.5, 0.6) is 0 Å². The number of carbonyl (C=O) groups is 1. The lowest BCUT2D eigenvalue weighted by Gasteiger charge is -2.43. The van der Waals surface area contributed by atoms with Crippen LogP contribution in [0.1, 0.15) is 34.0 Å². The van der Waals surface area contributed by atoms with Crippen molar-refractivity contribution in [3.63, 3.8) is 0 Å². The van der Waals surface area contributed by atoms with Crippen molar-refractivity contribution in [2.45, 2.75) is 25.4 Å². The van der Waals surface area contributed by atoms with Crippen LogP contribution in [0.3, 0.4) is 0 Å². The van der Waals surface area contributed by atoms with Gasteiger partial charge in [-0.2, -0.15) is 5.10 Å². The van der Waals surface area contributed by atoms with Crippen LogP contribution >= 0.6 is 0 Å². The fourth-order valence-corrected chi connectivity index (χ4v) is 4.94. The summed E-state index contributed by atoms with van der Waals surface area (Å²) in [6, 6.07) is 5.90. The Morgan fingerprint density at radius 3 is 2.83 bits per heavy atom. The summed E-state index contributed by atoms with van der Waals surface area (Å²) in [5.74, 6) is 0.483. The van der Waals surface area contributed by atoms with Crippen LogP contribution in [-0.2, 0) is 20.1 Å². The molecule has 1 saturated heterocycles. The number of carbonyl (C=O) groups excluding carboxylic acids is 1. The molecular formula is C22H26N6O2. The number of aryl methyl sites for hydroxylation is 1. The summed E-state index contributed by atoms with van der Waals surface area (Å²) >= 11 is 0. The molecule has 156 valence electrons. The summed E-state index contributed by atoms with van der Waals surface area (Å²) in [7, 11) is 5.79. The predicted molar refractivity (Wildman–Crippen MR) is 113 cm³/mol. The Hall–Kier alpha value is -3.00. The number of piperidine rings is 1. The van der Waals surface area contributed by atoms with Crippen LogP contribution in [0.15, 0.2) is 35.4 Å². The van der Waals surface area contributed by atoms with Crippen molar-refractivity contribution >= 4 is 16.9 Å². The Kier molecular flexibility index (Phi) is 4.47. The lowest BCUT2D eigenvalue weighted by molar-refractivity contribution is 0.0594. The van der Waals surface area contributed by atoms with Crippen molar-refractivity contribution in [3.05, 3.63) is 57.8 Å². The Labute approximate surface area is 174 Å². The van der Waals surface area contributed by atoms with Crippen molar-refractivity contribution in [3.8, 4) is 0 Å². The van der Waals surface area contributed by atoms with E-state index >= 15 is 0 Å². The Morgan fingerprint density at radius 1 is 1.20 bits per heavy atom. The fourth-order valence-electron chi connectivity index (χ4n) is 4.94. The smallest absolute Gasteiger partial charge is 0.255 e. The Bertz CT molecular complexity index is 1190. The molecule has 0 saturated carbocycles. The molecule has 0 unspecified atom stereocenters. The number of pyridine rings is 2. The zero-order chi connectivity index (χ0) is 21.0. The average molecular weight is 406 g/mol. The van der Waals surface area contributed by atoms with Crippen LogP contribution in [0, 0.1) is 5.92 Å². The summed E-state index contributed by atoms with van der Waals surface area (Å²) < 4.78 is 3.68. The molecule has 0 aromatic carbocycles. The van der Waals surface area contributed by atoms with E-state index in [9.17, 15) is 9.59 Å². The van der Waals surface area contributed by atoms with Gasteiger partial charge in [-0.3, -0.25) is 19.3 Å². The van der Waals surface area contributed by atoms with E-state index in [1.165, 1.54) is 0 Å². The van der Waals surface area contributed by atoms with Gasteiger partial charge in [-0.25, -0.2) is 0 Å². The maximum Gasteiger partial charge on any atom is 0.255 e. The van der Waals surface area contributed by atoms with Gasteiger partial charge in [0.15, 0.2) is 0 Å². The zero-order valence-electron chi connectivity index (χ0n) is 17.6. The molecular weight excluding hydrogens is 380 g/mol. The fraction of sp³-hybridized carbons (Fsp3) is 0.455. The Balaban J connectivity index is 1.43. The van der Waals surface area contributed by atoms with Gasteiger partial charge in [-0.15, -0.1) is 0 Å². The van der Waals surface area contributed by atoms with Crippen molar-refractivity contribution < 1.29 is 4.79 Å². The van der Waals surface area contributed by atoms with Gasteiger partial charge in [0.1, 0.15) is 5.52 Å². The summed E-state index contributed by atoms with van der Waals surface area (Å²) in [5, 5.41) is 4.21. The SMILES string of the molecule is CN(C)Cc1ccc2n(c1=O)C[C@H]1C[C@@H]2CN(C(=O)c2cnc3cnn(C)c3c2)C1. The van der Waals surface area contributed by atoms with Crippen molar-refractivity contribution in [1.29, 1.82) is 0 Å². The van der Waals surface area contributed by atoms with E-state index in [4.69, 9.17) is 0 Å². The third kappa shape index (κ3) is 3.11. The molecule has 0 aliphatic carbocycles. The number of amides is 1. The molecule has 3 aromatic rings. The summed E-state index contributed by atoms with van der Waals surface area (Å²) in [6.45, 7) is 2.62. The standard InChI is InChI=1S/C22H26N6O2/c1-25(2)12-15-4-5-19-17-6-14(11-28(19)22(15)30)10-27(13-17)21(29)16-7-20-18(23-8-16)9-24-26(20)3/h4-5,7-9,14,17H,6,10-13H2,1-3H3/t14-,17+/m0/s1. The number of likely N-dealkylation sites (tertiary alicyclic amines) is 1. The molecule has 1 amide bonds. The number of aromatic nitrogens is 4. The molecule has 2 aliphatic rings. The van der Waals surface area contributed by atoms with Gasteiger partial charge in [-0.1, -0.05) is 6.07 Å². The highest BCUT2D eigenvalue weighted by atomic mass is 16.2. The normalized spacial score (nSPS) is 20.6. The van der Waals surface area contributed by atoms with Gasteiger partial charge in [-0.05, 0) is 38.6 Å².